The molecule has 1 aliphatic rings. The largest absolute Gasteiger partial charge is 0.457 e. The number of nitrogens with zero attached hydrogens (tertiary/aromatic N) is 2. The van der Waals surface area contributed by atoms with Crippen LogP contribution in [0.25, 0.3) is 38.0 Å². The van der Waals surface area contributed by atoms with Crippen molar-refractivity contribution in [3.8, 4) is 22.8 Å². The molecule has 34 heavy (non-hydrogen) atoms. The van der Waals surface area contributed by atoms with E-state index in [1.165, 1.54) is 33.0 Å². The molecule has 4 nitrogen and oxygen atoms in total. The fraction of sp³-hybridized carbons (Fsp3) is 0.400. The number of fused-ring (bicyclic) bond motifs is 3. The molecule has 4 aromatic rings. The number of aryl methyl sites for hydroxylation is 2. The Kier molecular flexibility index (Phi) is 4.85. The van der Waals surface area contributed by atoms with E-state index in [0.29, 0.717) is 6.42 Å². The molecule has 0 bridgehead atoms. The number of hydrogen-bond donors (Lipinski definition) is 0. The molecular formula is C30H33N2O2+. The minimum atomic E-state index is -0.567. The van der Waals surface area contributed by atoms with Gasteiger partial charge in [-0.3, -0.25) is 0 Å². The molecule has 3 heterocycles. The summed E-state index contributed by atoms with van der Waals surface area (Å²) in [7, 11) is 2.08. The van der Waals surface area contributed by atoms with Crippen LogP contribution >= 0.6 is 0 Å². The van der Waals surface area contributed by atoms with E-state index in [2.05, 4.69) is 69.3 Å². The summed E-state index contributed by atoms with van der Waals surface area (Å²) in [5.74, 6) is 1.72. The van der Waals surface area contributed by atoms with Crippen molar-refractivity contribution >= 4 is 21.9 Å². The van der Waals surface area contributed by atoms with E-state index in [4.69, 9.17) is 15.7 Å². The molecule has 0 saturated heterocycles. The van der Waals surface area contributed by atoms with Gasteiger partial charge in [0.15, 0.2) is 0 Å². The van der Waals surface area contributed by atoms with E-state index in [1.807, 2.05) is 19.9 Å². The summed E-state index contributed by atoms with van der Waals surface area (Å²) in [4.78, 5) is 3.89. The van der Waals surface area contributed by atoms with Crippen molar-refractivity contribution in [1.82, 2.24) is 0 Å². The van der Waals surface area contributed by atoms with E-state index in [1.54, 1.807) is 6.26 Å². The highest BCUT2D eigenvalue weighted by molar-refractivity contribution is 6.06. The van der Waals surface area contributed by atoms with Gasteiger partial charge in [0, 0.05) is 25.3 Å². The maximum atomic E-state index is 7.74. The van der Waals surface area contributed by atoms with Gasteiger partial charge in [0.25, 0.3) is 11.2 Å². The standard InChI is InChI=1S/C30H33N2O2/c1-17-12-20-13-19(15-29(3,4)5)14-23-25(20)24(18(17)2)26-28(34-23)21(16-30(6,7)31-8)27-22(32(26)9)10-11-33-27/h10-14H,15-16H2,1-7,9H3/q+1. The SMILES string of the molecule is [C-]#[N+]C(C)(C)Cc1c2c([n+](C)c3ccoc13)-c1c(C)c(C)cc3cc(CC(C)(C)C)cc(c13)O2. The zero-order valence-electron chi connectivity index (χ0n) is 21.5. The summed E-state index contributed by atoms with van der Waals surface area (Å²) < 4.78 is 15.0. The third kappa shape index (κ3) is 3.46. The summed E-state index contributed by atoms with van der Waals surface area (Å²) in [6.07, 6.45) is 3.25. The number of rotatable bonds is 3. The highest BCUT2D eigenvalue weighted by Gasteiger charge is 2.39. The first kappa shape index (κ1) is 22.5. The van der Waals surface area contributed by atoms with Crippen molar-refractivity contribution in [2.75, 3.05) is 0 Å². The van der Waals surface area contributed by atoms with Gasteiger partial charge < -0.3 is 14.0 Å². The van der Waals surface area contributed by atoms with Crippen molar-refractivity contribution in [3.05, 3.63) is 64.2 Å². The topological polar surface area (TPSA) is 30.6 Å². The molecular weight excluding hydrogens is 420 g/mol. The predicted molar refractivity (Wildman–Crippen MR) is 137 cm³/mol. The molecule has 0 unspecified atom stereocenters. The van der Waals surface area contributed by atoms with Gasteiger partial charge in [-0.2, -0.15) is 4.57 Å². The Balaban J connectivity index is 1.90. The molecule has 0 N–H and O–H groups in total. The molecule has 0 aliphatic carbocycles. The van der Waals surface area contributed by atoms with Gasteiger partial charge in [-0.1, -0.05) is 32.9 Å². The number of aromatic nitrogens is 1. The van der Waals surface area contributed by atoms with Crippen LogP contribution in [0.5, 0.6) is 11.5 Å². The Morgan fingerprint density at radius 3 is 2.44 bits per heavy atom. The lowest BCUT2D eigenvalue weighted by atomic mass is 9.84. The molecule has 0 saturated carbocycles. The Morgan fingerprint density at radius 2 is 1.76 bits per heavy atom. The second kappa shape index (κ2) is 7.34. The van der Waals surface area contributed by atoms with Gasteiger partial charge in [0.1, 0.15) is 12.8 Å². The molecule has 4 heteroatoms. The lowest BCUT2D eigenvalue weighted by molar-refractivity contribution is -0.633. The summed E-state index contributed by atoms with van der Waals surface area (Å²) in [5.41, 5.74) is 8.48. The summed E-state index contributed by atoms with van der Waals surface area (Å²) in [5, 5.41) is 2.39. The molecule has 2 aromatic carbocycles. The van der Waals surface area contributed by atoms with Crippen molar-refractivity contribution in [1.29, 1.82) is 0 Å². The molecule has 0 spiro atoms. The van der Waals surface area contributed by atoms with Gasteiger partial charge in [0.2, 0.25) is 16.9 Å². The molecule has 0 amide bonds. The molecule has 0 atom stereocenters. The summed E-state index contributed by atoms with van der Waals surface area (Å²) >= 11 is 0. The van der Waals surface area contributed by atoms with Crippen LogP contribution in [-0.2, 0) is 19.9 Å². The smallest absolute Gasteiger partial charge is 0.257 e. The van der Waals surface area contributed by atoms with Crippen molar-refractivity contribution in [2.24, 2.45) is 12.5 Å². The van der Waals surface area contributed by atoms with Crippen molar-refractivity contribution in [3.63, 3.8) is 0 Å². The summed E-state index contributed by atoms with van der Waals surface area (Å²) in [6.45, 7) is 22.9. The lowest BCUT2D eigenvalue weighted by Gasteiger charge is -2.26. The number of pyridine rings is 1. The first-order valence-corrected chi connectivity index (χ1v) is 12.0. The van der Waals surface area contributed by atoms with Crippen LogP contribution < -0.4 is 9.30 Å². The van der Waals surface area contributed by atoms with Crippen molar-refractivity contribution in [2.45, 2.75) is 66.8 Å². The number of hydrogen-bond acceptors (Lipinski definition) is 2. The molecule has 5 rings (SSSR count). The van der Waals surface area contributed by atoms with E-state index in [0.717, 1.165) is 40.3 Å². The fourth-order valence-electron chi connectivity index (χ4n) is 5.34. The van der Waals surface area contributed by atoms with E-state index >= 15 is 0 Å². The maximum absolute atomic E-state index is 7.74. The Labute approximate surface area is 202 Å². The maximum Gasteiger partial charge on any atom is 0.257 e. The highest BCUT2D eigenvalue weighted by Crippen LogP contribution is 2.51. The van der Waals surface area contributed by atoms with Gasteiger partial charge in [0.05, 0.1) is 23.8 Å². The minimum Gasteiger partial charge on any atom is -0.457 e. The molecule has 174 valence electrons. The number of ether oxygens (including phenoxy) is 1. The third-order valence-corrected chi connectivity index (χ3v) is 6.98. The second-order valence-corrected chi connectivity index (χ2v) is 11.7. The lowest BCUT2D eigenvalue weighted by Crippen LogP contribution is -2.34. The predicted octanol–water partition coefficient (Wildman–Crippen LogP) is 7.63. The Hall–Kier alpha value is -3.32. The first-order valence-electron chi connectivity index (χ1n) is 12.0. The Bertz CT molecular complexity index is 1520. The van der Waals surface area contributed by atoms with Crippen LogP contribution in [0.4, 0.5) is 0 Å². The van der Waals surface area contributed by atoms with Crippen LogP contribution in [-0.4, -0.2) is 5.54 Å². The van der Waals surface area contributed by atoms with Gasteiger partial charge in [-0.05, 0) is 53.8 Å². The molecule has 2 aromatic heterocycles. The quantitative estimate of drug-likeness (QED) is 0.208. The number of furan rings is 1. The highest BCUT2D eigenvalue weighted by atomic mass is 16.5. The van der Waals surface area contributed by atoms with Crippen LogP contribution in [0.1, 0.15) is 56.9 Å². The van der Waals surface area contributed by atoms with Gasteiger partial charge in [-0.25, -0.2) is 6.57 Å². The minimum absolute atomic E-state index is 0.174. The average molecular weight is 454 g/mol. The average Bonchev–Trinajstić information content (AvgIpc) is 3.23. The van der Waals surface area contributed by atoms with Crippen LogP contribution in [0.2, 0.25) is 0 Å². The van der Waals surface area contributed by atoms with E-state index in [-0.39, 0.29) is 5.41 Å². The monoisotopic (exact) mass is 453 g/mol. The summed E-state index contributed by atoms with van der Waals surface area (Å²) in [6, 6.07) is 8.84. The third-order valence-electron chi connectivity index (χ3n) is 6.98. The van der Waals surface area contributed by atoms with Crippen LogP contribution in [0, 0.1) is 25.8 Å². The fourth-order valence-corrected chi connectivity index (χ4v) is 5.34. The first-order chi connectivity index (χ1) is 15.9. The molecule has 1 aliphatic heterocycles. The van der Waals surface area contributed by atoms with E-state index in [9.17, 15) is 0 Å². The Morgan fingerprint density at radius 1 is 1.03 bits per heavy atom. The number of benzene rings is 2. The van der Waals surface area contributed by atoms with Crippen molar-refractivity contribution < 1.29 is 13.7 Å². The van der Waals surface area contributed by atoms with Crippen LogP contribution in [0.3, 0.4) is 0 Å². The zero-order valence-corrected chi connectivity index (χ0v) is 21.5. The molecule has 0 radical (unpaired) electrons. The molecule has 0 fully saturated rings. The normalized spacial score (nSPS) is 13.1. The zero-order chi connectivity index (χ0) is 24.6. The van der Waals surface area contributed by atoms with Gasteiger partial charge in [-0.15, -0.1) is 0 Å². The van der Waals surface area contributed by atoms with Crippen LogP contribution in [0.15, 0.2) is 34.9 Å². The van der Waals surface area contributed by atoms with Gasteiger partial charge >= 0.3 is 0 Å². The second-order valence-electron chi connectivity index (χ2n) is 11.7. The van der Waals surface area contributed by atoms with E-state index < -0.39 is 5.54 Å².